The summed E-state index contributed by atoms with van der Waals surface area (Å²) in [5.41, 5.74) is -0.474. The van der Waals surface area contributed by atoms with Gasteiger partial charge in [-0.2, -0.15) is 4.98 Å². The lowest BCUT2D eigenvalue weighted by atomic mass is 10.0. The van der Waals surface area contributed by atoms with Gasteiger partial charge in [-0.25, -0.2) is 24.5 Å². The number of alkyl carbamates (subject to hydrolysis) is 1. The van der Waals surface area contributed by atoms with Crippen LogP contribution in [0.1, 0.15) is 82.1 Å². The van der Waals surface area contributed by atoms with Gasteiger partial charge in [0.15, 0.2) is 17.4 Å². The second-order valence-corrected chi connectivity index (χ2v) is 23.9. The van der Waals surface area contributed by atoms with E-state index in [2.05, 4.69) is 55.7 Å². The number of carbonyl (C=O) groups excluding carboxylic acids is 5. The number of nitrogens with one attached hydrogen (secondary N) is 5. The molecule has 31 nitrogen and oxygen atoms in total. The number of aliphatic hydroxyl groups excluding tert-OH is 2. The van der Waals surface area contributed by atoms with Gasteiger partial charge in [0.05, 0.1) is 71.9 Å². The molecule has 1 aliphatic carbocycles. The molecule has 1 saturated heterocycles. The van der Waals surface area contributed by atoms with Crippen molar-refractivity contribution in [2.75, 3.05) is 83.8 Å². The minimum Gasteiger partial charge on any atom is -0.474 e. The Labute approximate surface area is 527 Å². The molecule has 1 saturated carbocycles. The van der Waals surface area contributed by atoms with Crippen molar-refractivity contribution in [3.8, 4) is 5.88 Å². The molecule has 2 aromatic carbocycles. The minimum absolute atomic E-state index is 0.00194. The van der Waals surface area contributed by atoms with E-state index in [-0.39, 0.29) is 87.7 Å². The average Bonchev–Trinajstić information content (AvgIpc) is 1.63. The summed E-state index contributed by atoms with van der Waals surface area (Å²) in [6, 6.07) is 12.5. The summed E-state index contributed by atoms with van der Waals surface area (Å²) < 4.78 is 76.3. The molecule has 5 aromatic rings. The second-order valence-electron chi connectivity index (χ2n) is 22.6. The van der Waals surface area contributed by atoms with Crippen LogP contribution in [-0.4, -0.2) is 196 Å². The molecule has 3 aromatic heterocycles. The van der Waals surface area contributed by atoms with E-state index in [0.29, 0.717) is 55.5 Å². The number of methoxy groups -OCH3 is 1. The van der Waals surface area contributed by atoms with Gasteiger partial charge in [-0.05, 0) is 69.4 Å². The molecular formula is C58H81N11O20P2. The molecule has 2 fully saturated rings. The molecule has 0 radical (unpaired) electrons. The Morgan fingerprint density at radius 1 is 0.890 bits per heavy atom. The van der Waals surface area contributed by atoms with Crippen LogP contribution in [-0.2, 0) is 74.0 Å². The normalized spacial score (nSPS) is 20.0. The number of hydrogen-bond acceptors (Lipinski definition) is 24. The Morgan fingerprint density at radius 3 is 2.29 bits per heavy atom. The lowest BCUT2D eigenvalue weighted by molar-refractivity contribution is -0.128. The van der Waals surface area contributed by atoms with E-state index in [4.69, 9.17) is 51.5 Å². The highest BCUT2D eigenvalue weighted by Crippen LogP contribution is 2.41. The zero-order valence-electron chi connectivity index (χ0n) is 51.6. The van der Waals surface area contributed by atoms with E-state index >= 15 is 0 Å². The van der Waals surface area contributed by atoms with Gasteiger partial charge in [0, 0.05) is 65.5 Å². The number of imidazole rings is 1. The van der Waals surface area contributed by atoms with E-state index in [9.17, 15) is 43.5 Å². The standard InChI is InChI=1S/C58H81N11O20P2/c1-34(2)45(64-56(76)88-58(4,5)6)52(74)62-35(3)50(72)63-39-14-12-36(13-15-39)29-83-57(77)68(18-19-80-22-23-82-25-24-81-21-20-79-7)28-37-10-8-9-11-41(37)51(73)66-55-65-49-46(53(75)67-55)61-33-69(49)54-48(47(71)43(87-54)31-84-90)89-91(78)85-30-38-26-40(27-42(38)70)86-44-16-17-59-32-60-44/h8-17,32-35,38,40,42-43,45,47-48,54,70-71,91H,18-31,90H2,1-7H3,(H,62,74)(H,63,72)(H,64,76)(H2,65,66,67,73,75)/t35-,38+,40+,42-,43+,45-,47+,48+,54+/m0/s1. The topological polar surface area (TPSA) is 385 Å². The third kappa shape index (κ3) is 21.8. The number of H-pyrrole nitrogens is 1. The van der Waals surface area contributed by atoms with Crippen LogP contribution in [0.3, 0.4) is 0 Å². The minimum atomic E-state index is -3.40. The zero-order chi connectivity index (χ0) is 65.6. The fourth-order valence-corrected chi connectivity index (χ4v) is 10.6. The highest BCUT2D eigenvalue weighted by molar-refractivity contribution is 7.33. The summed E-state index contributed by atoms with van der Waals surface area (Å²) >= 11 is 0. The fourth-order valence-electron chi connectivity index (χ4n) is 9.50. The molecule has 4 heterocycles. The largest absolute Gasteiger partial charge is 0.474 e. The predicted molar refractivity (Wildman–Crippen MR) is 329 cm³/mol. The van der Waals surface area contributed by atoms with Gasteiger partial charge in [0.25, 0.3) is 11.5 Å². The maximum atomic E-state index is 14.3. The molecule has 498 valence electrons. The SMILES string of the molecule is COCCOCCOCCOCCN(Cc1ccccc1C(=O)Nc1nc2c(ncn2[C@@H]2O[C@H](COP)[C@@H](O)[C@H]2O[PH](=O)OC[C@H]2C[C@@H](Oc3ccncn3)C[C@@H]2O)c(=O)[nH]1)C(=O)OCc1ccc(NC(=O)[C@H](C)NC(=O)[C@@H](NC(=O)OC(C)(C)C)C(C)C)cc1. The smallest absolute Gasteiger partial charge is 0.410 e. The number of ether oxygens (including phenoxy) is 8. The second kappa shape index (κ2) is 35.1. The first kappa shape index (κ1) is 71.3. The molecule has 2 unspecified atom stereocenters. The number of aliphatic hydroxyl groups is 2. The number of hydrogen-bond donors (Lipinski definition) is 7. The molecule has 11 atom stereocenters. The summed E-state index contributed by atoms with van der Waals surface area (Å²) in [7, 11) is 0.232. The Hall–Kier alpha value is -7.12. The highest BCUT2D eigenvalue weighted by atomic mass is 31.1. The van der Waals surface area contributed by atoms with Crippen LogP contribution in [0.15, 0.2) is 78.2 Å². The van der Waals surface area contributed by atoms with Crippen molar-refractivity contribution in [2.45, 2.75) is 122 Å². The van der Waals surface area contributed by atoms with Crippen LogP contribution < -0.4 is 31.6 Å². The molecule has 2 aliphatic rings. The summed E-state index contributed by atoms with van der Waals surface area (Å²) in [5.74, 6) is -2.62. The lowest BCUT2D eigenvalue weighted by Gasteiger charge is -2.26. The van der Waals surface area contributed by atoms with E-state index in [1.54, 1.807) is 90.3 Å². The average molecular weight is 1310 g/mol. The highest BCUT2D eigenvalue weighted by Gasteiger charge is 2.48. The molecule has 33 heteroatoms. The van der Waals surface area contributed by atoms with Crippen molar-refractivity contribution in [3.63, 3.8) is 0 Å². The number of carbonyl (C=O) groups is 5. The molecule has 5 amide bonds. The first-order valence-corrected chi connectivity index (χ1v) is 31.1. The zero-order valence-corrected chi connectivity index (χ0v) is 53.8. The Balaban J connectivity index is 0.995. The maximum absolute atomic E-state index is 14.3. The maximum Gasteiger partial charge on any atom is 0.410 e. The Bertz CT molecular complexity index is 3250. The predicted octanol–water partition coefficient (Wildman–Crippen LogP) is 4.06. The van der Waals surface area contributed by atoms with Crippen molar-refractivity contribution in [1.29, 1.82) is 0 Å². The molecule has 7 rings (SSSR count). The number of benzene rings is 2. The summed E-state index contributed by atoms with van der Waals surface area (Å²) in [4.78, 5) is 101. The molecular weight excluding hydrogens is 1230 g/mol. The Kier molecular flexibility index (Phi) is 27.5. The van der Waals surface area contributed by atoms with Gasteiger partial charge in [-0.3, -0.25) is 43.1 Å². The van der Waals surface area contributed by atoms with Gasteiger partial charge in [0.2, 0.25) is 23.6 Å². The molecule has 1 aliphatic heterocycles. The van der Waals surface area contributed by atoms with Gasteiger partial charge in [-0.15, -0.1) is 0 Å². The molecule has 91 heavy (non-hydrogen) atoms. The Morgan fingerprint density at radius 2 is 1.60 bits per heavy atom. The van der Waals surface area contributed by atoms with Crippen LogP contribution in [0.2, 0.25) is 0 Å². The lowest BCUT2D eigenvalue weighted by Crippen LogP contribution is -2.54. The third-order valence-corrected chi connectivity index (χ3v) is 15.2. The monoisotopic (exact) mass is 1310 g/mol. The number of nitrogens with zero attached hydrogens (tertiary/aromatic N) is 6. The number of anilines is 2. The van der Waals surface area contributed by atoms with Crippen molar-refractivity contribution in [3.05, 3.63) is 100 Å². The van der Waals surface area contributed by atoms with Crippen molar-refractivity contribution >= 4 is 70.4 Å². The van der Waals surface area contributed by atoms with Gasteiger partial charge < -0.3 is 78.0 Å². The van der Waals surface area contributed by atoms with Gasteiger partial charge in [0.1, 0.15) is 55.0 Å². The number of rotatable bonds is 34. The van der Waals surface area contributed by atoms with Crippen molar-refractivity contribution in [2.24, 2.45) is 11.8 Å². The van der Waals surface area contributed by atoms with Gasteiger partial charge in [-0.1, -0.05) is 44.2 Å². The van der Waals surface area contributed by atoms with Crippen molar-refractivity contribution < 1.29 is 90.2 Å². The van der Waals surface area contributed by atoms with E-state index in [1.165, 1.54) is 41.3 Å². The van der Waals surface area contributed by atoms with Crippen LogP contribution >= 0.6 is 17.7 Å². The third-order valence-electron chi connectivity index (χ3n) is 14.1. The van der Waals surface area contributed by atoms with E-state index in [0.717, 1.165) is 0 Å². The van der Waals surface area contributed by atoms with E-state index < -0.39 is 104 Å². The number of aromatic nitrogens is 6. The summed E-state index contributed by atoms with van der Waals surface area (Å²) in [6.45, 7) is 11.4. The van der Waals surface area contributed by atoms with E-state index in [1.807, 2.05) is 0 Å². The molecule has 7 N–H and O–H groups in total. The first-order valence-electron chi connectivity index (χ1n) is 29.4. The van der Waals surface area contributed by atoms with Crippen molar-refractivity contribution in [1.82, 2.24) is 45.0 Å². The fraction of sp³-hybridized carbons (Fsp3) is 0.552. The molecule has 0 spiro atoms. The van der Waals surface area contributed by atoms with Crippen LogP contribution in [0.5, 0.6) is 5.88 Å². The number of fused-ring (bicyclic) bond motifs is 1. The van der Waals surface area contributed by atoms with Crippen LogP contribution in [0.25, 0.3) is 11.2 Å². The van der Waals surface area contributed by atoms with Crippen LogP contribution in [0, 0.1) is 11.8 Å². The first-order chi connectivity index (χ1) is 43.6. The van der Waals surface area contributed by atoms with Crippen LogP contribution in [0.4, 0.5) is 21.2 Å². The van der Waals surface area contributed by atoms with Gasteiger partial charge >= 0.3 is 20.4 Å². The summed E-state index contributed by atoms with van der Waals surface area (Å²) in [5, 5.41) is 32.8. The summed E-state index contributed by atoms with van der Waals surface area (Å²) in [6.07, 6.45) is -3.25. The quantitative estimate of drug-likeness (QED) is 0.0225. The number of amides is 5. The number of aromatic amines is 1. The molecule has 0 bridgehead atoms.